The van der Waals surface area contributed by atoms with Gasteiger partial charge in [0.15, 0.2) is 23.8 Å². The van der Waals surface area contributed by atoms with Gasteiger partial charge in [-0.2, -0.15) is 0 Å². The quantitative estimate of drug-likeness (QED) is 0.250. The summed E-state index contributed by atoms with van der Waals surface area (Å²) in [5.41, 5.74) is 1.53. The molecule has 0 N–H and O–H groups in total. The highest BCUT2D eigenvalue weighted by atomic mass is 127. The normalized spacial score (nSPS) is 14.4. The molecule has 7 nitrogen and oxygen atoms in total. The second-order valence-electron chi connectivity index (χ2n) is 5.86. The number of halogens is 3. The van der Waals surface area contributed by atoms with Crippen LogP contribution in [0, 0.1) is 7.14 Å². The fraction of sp³-hybridized carbons (Fsp3) is 0.150. The molecule has 1 aliphatic rings. The van der Waals surface area contributed by atoms with Crippen LogP contribution in [0.3, 0.4) is 0 Å². The zero-order valence-corrected chi connectivity index (χ0v) is 21.6. The van der Waals surface area contributed by atoms with Gasteiger partial charge in [0.1, 0.15) is 0 Å². The standard InChI is InChI=1S/C20H14BrI2NO6/c1-27-16-7-10(5-14(23)18(16)29-9-17(25)28-2)6-15-20(26)30-19(24-15)11-3-4-13(22)12(21)8-11/h3-8H,9H2,1-2H3/b15-6-. The molecule has 0 spiro atoms. The molecule has 0 fully saturated rings. The number of hydrogen-bond donors (Lipinski definition) is 0. The van der Waals surface area contributed by atoms with E-state index in [0.29, 0.717) is 26.2 Å². The van der Waals surface area contributed by atoms with E-state index < -0.39 is 11.9 Å². The average Bonchev–Trinajstić information content (AvgIpc) is 3.08. The number of benzene rings is 2. The van der Waals surface area contributed by atoms with E-state index in [1.54, 1.807) is 18.2 Å². The topological polar surface area (TPSA) is 83.4 Å². The maximum Gasteiger partial charge on any atom is 0.363 e. The third kappa shape index (κ3) is 5.32. The van der Waals surface area contributed by atoms with Crippen molar-refractivity contribution in [2.24, 2.45) is 4.99 Å². The van der Waals surface area contributed by atoms with Gasteiger partial charge in [-0.05, 0) is 103 Å². The van der Waals surface area contributed by atoms with Crippen molar-refractivity contribution in [1.82, 2.24) is 0 Å². The summed E-state index contributed by atoms with van der Waals surface area (Å²) in [4.78, 5) is 28.0. The van der Waals surface area contributed by atoms with Gasteiger partial charge in [0.25, 0.3) is 0 Å². The molecule has 0 aliphatic carbocycles. The molecule has 1 heterocycles. The van der Waals surface area contributed by atoms with Gasteiger partial charge in [-0.25, -0.2) is 14.6 Å². The Bertz CT molecular complexity index is 1080. The predicted octanol–water partition coefficient (Wildman–Crippen LogP) is 4.56. The number of esters is 2. The molecular weight excluding hydrogens is 684 g/mol. The van der Waals surface area contributed by atoms with E-state index in [1.807, 2.05) is 18.2 Å². The molecule has 0 unspecified atom stereocenters. The molecule has 156 valence electrons. The van der Waals surface area contributed by atoms with Crippen molar-refractivity contribution >= 4 is 85.0 Å². The second kappa shape index (κ2) is 10.1. The zero-order chi connectivity index (χ0) is 21.8. The number of nitrogens with zero attached hydrogens (tertiary/aromatic N) is 1. The molecule has 0 amide bonds. The largest absolute Gasteiger partial charge is 0.493 e. The van der Waals surface area contributed by atoms with Gasteiger partial charge >= 0.3 is 11.9 Å². The van der Waals surface area contributed by atoms with Crippen LogP contribution in [-0.2, 0) is 19.1 Å². The van der Waals surface area contributed by atoms with Crippen LogP contribution in [0.4, 0.5) is 0 Å². The van der Waals surface area contributed by atoms with Crippen molar-refractivity contribution in [3.8, 4) is 11.5 Å². The van der Waals surface area contributed by atoms with Crippen LogP contribution in [0.25, 0.3) is 6.08 Å². The van der Waals surface area contributed by atoms with Crippen molar-refractivity contribution in [2.45, 2.75) is 0 Å². The van der Waals surface area contributed by atoms with E-state index in [9.17, 15) is 9.59 Å². The number of carbonyl (C=O) groups is 2. The Balaban J connectivity index is 1.90. The minimum atomic E-state index is -0.542. The predicted molar refractivity (Wildman–Crippen MR) is 131 cm³/mol. The molecule has 2 aromatic carbocycles. The molecule has 1 aliphatic heterocycles. The van der Waals surface area contributed by atoms with Gasteiger partial charge in [0, 0.05) is 13.6 Å². The SMILES string of the molecule is COC(=O)COc1c(I)cc(/C=C2\N=C(c3ccc(I)c(Br)c3)OC2=O)cc1OC. The van der Waals surface area contributed by atoms with Gasteiger partial charge in [0.05, 0.1) is 17.8 Å². The van der Waals surface area contributed by atoms with Crippen LogP contribution in [0.2, 0.25) is 0 Å². The summed E-state index contributed by atoms with van der Waals surface area (Å²) in [5, 5.41) is 0. The monoisotopic (exact) mass is 697 g/mol. The van der Waals surface area contributed by atoms with Gasteiger partial charge in [0.2, 0.25) is 5.90 Å². The lowest BCUT2D eigenvalue weighted by molar-refractivity contribution is -0.143. The van der Waals surface area contributed by atoms with Crippen molar-refractivity contribution < 1.29 is 28.5 Å². The van der Waals surface area contributed by atoms with Crippen molar-refractivity contribution in [2.75, 3.05) is 20.8 Å². The fourth-order valence-corrected chi connectivity index (χ4v) is 3.97. The number of hydrogen-bond acceptors (Lipinski definition) is 7. The number of carbonyl (C=O) groups excluding carboxylic acids is 2. The highest BCUT2D eigenvalue weighted by Gasteiger charge is 2.25. The van der Waals surface area contributed by atoms with Crippen LogP contribution in [-0.4, -0.2) is 38.7 Å². The van der Waals surface area contributed by atoms with E-state index in [2.05, 4.69) is 70.8 Å². The van der Waals surface area contributed by atoms with Crippen LogP contribution < -0.4 is 9.47 Å². The minimum absolute atomic E-state index is 0.167. The zero-order valence-electron chi connectivity index (χ0n) is 15.7. The fourth-order valence-electron chi connectivity index (χ4n) is 2.47. The summed E-state index contributed by atoms with van der Waals surface area (Å²) in [6.45, 7) is -0.241. The smallest absolute Gasteiger partial charge is 0.363 e. The summed E-state index contributed by atoms with van der Waals surface area (Å²) in [5.74, 6) is 0.0157. The molecule has 0 atom stereocenters. The van der Waals surface area contributed by atoms with Crippen molar-refractivity contribution in [3.05, 3.63) is 58.8 Å². The Morgan fingerprint density at radius 2 is 1.97 bits per heavy atom. The summed E-state index contributed by atoms with van der Waals surface area (Å²) in [6.07, 6.45) is 1.60. The molecule has 0 aromatic heterocycles. The van der Waals surface area contributed by atoms with Crippen LogP contribution in [0.1, 0.15) is 11.1 Å². The van der Waals surface area contributed by atoms with E-state index in [0.717, 1.165) is 8.04 Å². The summed E-state index contributed by atoms with van der Waals surface area (Å²) in [7, 11) is 2.77. The second-order valence-corrected chi connectivity index (χ2v) is 9.04. The Morgan fingerprint density at radius 3 is 2.63 bits per heavy atom. The third-order valence-electron chi connectivity index (χ3n) is 3.90. The first-order chi connectivity index (χ1) is 14.3. The van der Waals surface area contributed by atoms with Crippen LogP contribution in [0.5, 0.6) is 11.5 Å². The van der Waals surface area contributed by atoms with E-state index in [-0.39, 0.29) is 18.2 Å². The molecule has 3 rings (SSSR count). The highest BCUT2D eigenvalue weighted by Crippen LogP contribution is 2.35. The maximum atomic E-state index is 12.3. The van der Waals surface area contributed by atoms with Gasteiger partial charge in [-0.15, -0.1) is 0 Å². The first-order valence-electron chi connectivity index (χ1n) is 8.37. The van der Waals surface area contributed by atoms with Gasteiger partial charge < -0.3 is 18.9 Å². The lowest BCUT2D eigenvalue weighted by Crippen LogP contribution is -2.13. The molecular formula is C20H14BrI2NO6. The number of ether oxygens (including phenoxy) is 4. The number of rotatable bonds is 6. The number of methoxy groups -OCH3 is 2. The molecule has 2 aromatic rings. The lowest BCUT2D eigenvalue weighted by atomic mass is 10.1. The maximum absolute atomic E-state index is 12.3. The molecule has 0 bridgehead atoms. The van der Waals surface area contributed by atoms with E-state index in [1.165, 1.54) is 14.2 Å². The van der Waals surface area contributed by atoms with Crippen LogP contribution >= 0.6 is 61.1 Å². The van der Waals surface area contributed by atoms with Gasteiger partial charge in [-0.3, -0.25) is 0 Å². The van der Waals surface area contributed by atoms with E-state index in [4.69, 9.17) is 14.2 Å². The highest BCUT2D eigenvalue weighted by molar-refractivity contribution is 14.1. The third-order valence-corrected chi connectivity index (χ3v) is 7.04. The molecule has 0 radical (unpaired) electrons. The lowest BCUT2D eigenvalue weighted by Gasteiger charge is -2.12. The Hall–Kier alpha value is -1.67. The van der Waals surface area contributed by atoms with E-state index >= 15 is 0 Å². The van der Waals surface area contributed by atoms with Crippen molar-refractivity contribution in [3.63, 3.8) is 0 Å². The number of aliphatic imine (C=N–C) groups is 1. The molecule has 10 heteroatoms. The average molecular weight is 698 g/mol. The Labute approximate surface area is 208 Å². The minimum Gasteiger partial charge on any atom is -0.493 e. The van der Waals surface area contributed by atoms with Gasteiger partial charge in [-0.1, -0.05) is 0 Å². The first kappa shape index (κ1) is 23.0. The van der Waals surface area contributed by atoms with Crippen molar-refractivity contribution in [1.29, 1.82) is 0 Å². The van der Waals surface area contributed by atoms with Crippen LogP contribution in [0.15, 0.2) is 45.5 Å². The summed E-state index contributed by atoms with van der Waals surface area (Å²) in [6, 6.07) is 9.05. The summed E-state index contributed by atoms with van der Waals surface area (Å²) < 4.78 is 23.4. The molecule has 0 saturated carbocycles. The molecule has 0 saturated heterocycles. The first-order valence-corrected chi connectivity index (χ1v) is 11.3. The number of cyclic esters (lactones) is 1. The summed E-state index contributed by atoms with van der Waals surface area (Å²) >= 11 is 7.72. The Kier molecular flexibility index (Phi) is 7.74. The molecule has 30 heavy (non-hydrogen) atoms. The Morgan fingerprint density at radius 1 is 1.20 bits per heavy atom.